The second kappa shape index (κ2) is 4.54. The third-order valence-corrected chi connectivity index (χ3v) is 3.83. The Morgan fingerprint density at radius 3 is 2.27 bits per heavy atom. The summed E-state index contributed by atoms with van der Waals surface area (Å²) in [6.07, 6.45) is 7.96. The van der Waals surface area contributed by atoms with Crippen molar-refractivity contribution in [1.82, 2.24) is 4.90 Å². The van der Waals surface area contributed by atoms with Crippen molar-refractivity contribution in [2.24, 2.45) is 11.8 Å². The maximum absolute atomic E-state index is 8.32. The summed E-state index contributed by atoms with van der Waals surface area (Å²) in [5.74, 6) is 2.41. The maximum atomic E-state index is 8.32. The Hall–Kier alpha value is -0.530. The summed E-state index contributed by atoms with van der Waals surface area (Å²) < 4.78 is 0. The second-order valence-electron chi connectivity index (χ2n) is 5.56. The van der Waals surface area contributed by atoms with E-state index in [0.29, 0.717) is 12.0 Å². The normalized spacial score (nSPS) is 22.3. The summed E-state index contributed by atoms with van der Waals surface area (Å²) in [5.41, 5.74) is 0. The van der Waals surface area contributed by atoms with E-state index in [-0.39, 0.29) is 0 Å². The van der Waals surface area contributed by atoms with Gasteiger partial charge in [0.2, 0.25) is 0 Å². The molecule has 0 aromatic carbocycles. The van der Waals surface area contributed by atoms with Crippen LogP contribution in [0.5, 0.6) is 0 Å². The average molecular weight is 208 g/mol. The molecule has 2 nitrogen and oxygen atoms in total. The molecule has 0 heterocycles. The molecule has 0 saturated heterocycles. The highest BCUT2D eigenvalue weighted by Crippen LogP contribution is 2.33. The molecule has 2 aliphatic carbocycles. The average Bonchev–Trinajstić information content (AvgIpc) is 2.84. The molecule has 2 saturated carbocycles. The molecular formula is C13H24N2. The summed E-state index contributed by atoms with van der Waals surface area (Å²) >= 11 is 0. The molecule has 15 heavy (non-hydrogen) atoms. The van der Waals surface area contributed by atoms with Crippen LogP contribution in [-0.2, 0) is 0 Å². The molecule has 2 fully saturated rings. The van der Waals surface area contributed by atoms with Crippen LogP contribution in [0.25, 0.3) is 0 Å². The first-order valence-electron chi connectivity index (χ1n) is 6.53. The van der Waals surface area contributed by atoms with Gasteiger partial charge in [0.15, 0.2) is 0 Å². The van der Waals surface area contributed by atoms with Crippen LogP contribution >= 0.6 is 0 Å². The van der Waals surface area contributed by atoms with E-state index in [2.05, 4.69) is 18.7 Å². The monoisotopic (exact) mass is 208 g/mol. The summed E-state index contributed by atoms with van der Waals surface area (Å²) in [7, 11) is 0. The fourth-order valence-corrected chi connectivity index (χ4v) is 2.60. The molecule has 0 aliphatic heterocycles. The Labute approximate surface area is 93.6 Å². The first-order chi connectivity index (χ1) is 7.18. The molecule has 86 valence electrons. The predicted octanol–water partition coefficient (Wildman–Crippen LogP) is 3.27. The molecule has 2 rings (SSSR count). The van der Waals surface area contributed by atoms with Crippen LogP contribution in [0.4, 0.5) is 0 Å². The van der Waals surface area contributed by atoms with Gasteiger partial charge in [-0.1, -0.05) is 12.8 Å². The highest BCUT2D eigenvalue weighted by atomic mass is 15.2. The third kappa shape index (κ3) is 2.73. The number of nitrogens with zero attached hydrogens (tertiary/aromatic N) is 1. The Bertz CT molecular complexity index is 225. The Kier molecular flexibility index (Phi) is 3.32. The summed E-state index contributed by atoms with van der Waals surface area (Å²) in [5, 5.41) is 8.32. The summed E-state index contributed by atoms with van der Waals surface area (Å²) in [4.78, 5) is 2.35. The van der Waals surface area contributed by atoms with E-state index in [0.717, 1.165) is 18.3 Å². The lowest BCUT2D eigenvalue weighted by Crippen LogP contribution is -2.41. The van der Waals surface area contributed by atoms with Crippen molar-refractivity contribution in [3.05, 3.63) is 0 Å². The van der Waals surface area contributed by atoms with Gasteiger partial charge in [-0.05, 0) is 45.4 Å². The fraction of sp³-hybridized carbons (Fsp3) is 0.923. The Balaban J connectivity index is 1.92. The molecule has 0 amide bonds. The van der Waals surface area contributed by atoms with Gasteiger partial charge in [0.05, 0.1) is 5.84 Å². The number of hydrogen-bond acceptors (Lipinski definition) is 1. The van der Waals surface area contributed by atoms with Crippen LogP contribution in [0.15, 0.2) is 0 Å². The maximum Gasteiger partial charge on any atom is 0.0991 e. The van der Waals surface area contributed by atoms with Gasteiger partial charge in [0, 0.05) is 18.5 Å². The topological polar surface area (TPSA) is 27.1 Å². The van der Waals surface area contributed by atoms with Crippen molar-refractivity contribution in [2.75, 3.05) is 6.54 Å². The van der Waals surface area contributed by atoms with Crippen LogP contribution in [0.3, 0.4) is 0 Å². The van der Waals surface area contributed by atoms with E-state index in [9.17, 15) is 0 Å². The second-order valence-corrected chi connectivity index (χ2v) is 5.56. The van der Waals surface area contributed by atoms with Gasteiger partial charge in [-0.25, -0.2) is 0 Å². The molecular weight excluding hydrogens is 184 g/mol. The zero-order chi connectivity index (χ0) is 10.8. The van der Waals surface area contributed by atoms with Crippen molar-refractivity contribution in [2.45, 2.75) is 58.4 Å². The lowest BCUT2D eigenvalue weighted by atomic mass is 10.0. The van der Waals surface area contributed by atoms with Crippen LogP contribution < -0.4 is 0 Å². The summed E-state index contributed by atoms with van der Waals surface area (Å²) in [6.45, 7) is 5.60. The van der Waals surface area contributed by atoms with Gasteiger partial charge in [-0.3, -0.25) is 5.41 Å². The molecule has 0 aromatic rings. The minimum atomic E-state index is 0.513. The van der Waals surface area contributed by atoms with E-state index >= 15 is 0 Å². The minimum absolute atomic E-state index is 0.513. The molecule has 2 aliphatic rings. The first-order valence-corrected chi connectivity index (χ1v) is 6.53. The van der Waals surface area contributed by atoms with Crippen LogP contribution in [0.2, 0.25) is 0 Å². The van der Waals surface area contributed by atoms with Crippen molar-refractivity contribution in [3.63, 3.8) is 0 Å². The van der Waals surface area contributed by atoms with E-state index in [4.69, 9.17) is 5.41 Å². The van der Waals surface area contributed by atoms with E-state index in [1.165, 1.54) is 38.5 Å². The van der Waals surface area contributed by atoms with E-state index in [1.807, 2.05) is 0 Å². The van der Waals surface area contributed by atoms with Gasteiger partial charge >= 0.3 is 0 Å². The van der Waals surface area contributed by atoms with E-state index < -0.39 is 0 Å². The fourth-order valence-electron chi connectivity index (χ4n) is 2.60. The minimum Gasteiger partial charge on any atom is -0.358 e. The third-order valence-electron chi connectivity index (χ3n) is 3.83. The van der Waals surface area contributed by atoms with Gasteiger partial charge in [-0.15, -0.1) is 0 Å². The molecule has 2 heteroatoms. The van der Waals surface area contributed by atoms with Crippen LogP contribution in [-0.4, -0.2) is 23.3 Å². The molecule has 0 unspecified atom stereocenters. The van der Waals surface area contributed by atoms with E-state index in [1.54, 1.807) is 0 Å². The largest absolute Gasteiger partial charge is 0.358 e. The van der Waals surface area contributed by atoms with Gasteiger partial charge < -0.3 is 4.90 Å². The summed E-state index contributed by atoms with van der Waals surface area (Å²) in [6, 6.07) is 0.513. The van der Waals surface area contributed by atoms with Crippen molar-refractivity contribution in [3.8, 4) is 0 Å². The zero-order valence-corrected chi connectivity index (χ0v) is 10.1. The first kappa shape index (κ1) is 11.0. The molecule has 0 atom stereocenters. The Morgan fingerprint density at radius 2 is 1.80 bits per heavy atom. The Morgan fingerprint density at radius 1 is 1.20 bits per heavy atom. The van der Waals surface area contributed by atoms with Gasteiger partial charge in [0.1, 0.15) is 0 Å². The molecule has 0 aromatic heterocycles. The van der Waals surface area contributed by atoms with Crippen LogP contribution in [0.1, 0.15) is 52.4 Å². The molecule has 1 N–H and O–H groups in total. The molecule has 0 spiro atoms. The lowest BCUT2D eigenvalue weighted by Gasteiger charge is -2.32. The highest BCUT2D eigenvalue weighted by Gasteiger charge is 2.30. The van der Waals surface area contributed by atoms with Crippen molar-refractivity contribution >= 4 is 5.84 Å². The molecule has 0 bridgehead atoms. The number of amidine groups is 1. The predicted molar refractivity (Wildman–Crippen MR) is 64.3 cm³/mol. The van der Waals surface area contributed by atoms with Crippen LogP contribution in [0, 0.1) is 17.2 Å². The van der Waals surface area contributed by atoms with Crippen molar-refractivity contribution in [1.29, 1.82) is 5.41 Å². The van der Waals surface area contributed by atoms with Crippen molar-refractivity contribution < 1.29 is 0 Å². The standard InChI is InChI=1S/C13H24N2/c1-10(2)15(9-11-7-8-11)13(14)12-5-3-4-6-12/h10-12,14H,3-9H2,1-2H3. The number of rotatable bonds is 4. The zero-order valence-electron chi connectivity index (χ0n) is 10.1. The van der Waals surface area contributed by atoms with Gasteiger partial charge in [-0.2, -0.15) is 0 Å². The lowest BCUT2D eigenvalue weighted by molar-refractivity contribution is 0.315. The molecule has 0 radical (unpaired) electrons. The van der Waals surface area contributed by atoms with Gasteiger partial charge in [0.25, 0.3) is 0 Å². The highest BCUT2D eigenvalue weighted by molar-refractivity contribution is 5.82. The number of hydrogen-bond donors (Lipinski definition) is 1. The smallest absolute Gasteiger partial charge is 0.0991 e. The number of nitrogens with one attached hydrogen (secondary N) is 1. The SMILES string of the molecule is CC(C)N(CC1CC1)C(=N)C1CCCC1. The quantitative estimate of drug-likeness (QED) is 0.557.